The smallest absolute Gasteiger partial charge is 0.419 e. The molecule has 0 aliphatic carbocycles. The Labute approximate surface area is 169 Å². The quantitative estimate of drug-likeness (QED) is 0.481. The topological polar surface area (TPSA) is 104 Å². The van der Waals surface area contributed by atoms with Crippen LogP contribution in [0.1, 0.15) is 21.6 Å². The number of hydrogen-bond acceptors (Lipinski definition) is 6. The number of alkyl halides is 3. The second-order valence-corrected chi connectivity index (χ2v) is 6.22. The van der Waals surface area contributed by atoms with Gasteiger partial charge in [0.05, 0.1) is 35.3 Å². The molecule has 0 radical (unpaired) electrons. The van der Waals surface area contributed by atoms with Crippen LogP contribution in [0.25, 0.3) is 0 Å². The number of rotatable bonds is 6. The number of aryl methyl sites for hydroxylation is 1. The fourth-order valence-electron chi connectivity index (χ4n) is 2.75. The number of amides is 1. The first-order valence-electron chi connectivity index (χ1n) is 8.76. The number of carbonyl (C=O) groups excluding carboxylic acids is 1. The highest BCUT2D eigenvalue weighted by Crippen LogP contribution is 2.38. The third kappa shape index (κ3) is 4.29. The van der Waals surface area contributed by atoms with Crippen molar-refractivity contribution in [3.8, 4) is 5.88 Å². The maximum atomic E-state index is 13.6. The molecule has 8 nitrogen and oxygen atoms in total. The van der Waals surface area contributed by atoms with Gasteiger partial charge in [0.1, 0.15) is 11.5 Å². The molecule has 3 aromatic rings. The fraction of sp³-hybridized carbons (Fsp3) is 0.211. The average molecular weight is 420 g/mol. The van der Waals surface area contributed by atoms with Gasteiger partial charge < -0.3 is 20.7 Å². The minimum atomic E-state index is -4.65. The number of nitrogens with zero attached hydrogens (tertiary/aromatic N) is 2. The van der Waals surface area contributed by atoms with E-state index in [2.05, 4.69) is 31.1 Å². The fourth-order valence-corrected chi connectivity index (χ4v) is 2.75. The van der Waals surface area contributed by atoms with Crippen molar-refractivity contribution in [3.63, 3.8) is 0 Å². The highest BCUT2D eigenvalue weighted by Gasteiger charge is 2.34. The monoisotopic (exact) mass is 420 g/mol. The number of benzene rings is 1. The van der Waals surface area contributed by atoms with Gasteiger partial charge in [-0.1, -0.05) is 12.1 Å². The van der Waals surface area contributed by atoms with Crippen LogP contribution < -0.4 is 20.7 Å². The van der Waals surface area contributed by atoms with Crippen molar-refractivity contribution in [3.05, 3.63) is 53.3 Å². The number of methoxy groups -OCH3 is 1. The van der Waals surface area contributed by atoms with E-state index < -0.39 is 17.6 Å². The number of aromatic nitrogens is 3. The SMILES string of the molecule is CNC(=O)c1ccccc1Nc1cc(Nc2c(OC)n[nH]c2C)ncc1C(F)(F)F. The summed E-state index contributed by atoms with van der Waals surface area (Å²) in [6.45, 7) is 1.72. The first-order chi connectivity index (χ1) is 14.2. The number of anilines is 4. The summed E-state index contributed by atoms with van der Waals surface area (Å²) in [6.07, 6.45) is -3.94. The van der Waals surface area contributed by atoms with E-state index in [0.717, 1.165) is 6.20 Å². The number of pyridine rings is 1. The number of halogens is 3. The highest BCUT2D eigenvalue weighted by molar-refractivity contribution is 6.00. The number of carbonyl (C=O) groups is 1. The summed E-state index contributed by atoms with van der Waals surface area (Å²) in [5, 5.41) is 14.7. The van der Waals surface area contributed by atoms with E-state index in [4.69, 9.17) is 4.74 Å². The number of ether oxygens (including phenoxy) is 1. The Hall–Kier alpha value is -3.76. The summed E-state index contributed by atoms with van der Waals surface area (Å²) in [5.41, 5.74) is 0.241. The van der Waals surface area contributed by atoms with Gasteiger partial charge >= 0.3 is 6.18 Å². The molecular weight excluding hydrogens is 401 g/mol. The van der Waals surface area contributed by atoms with Gasteiger partial charge in [0, 0.05) is 19.3 Å². The van der Waals surface area contributed by atoms with Crippen molar-refractivity contribution < 1.29 is 22.7 Å². The van der Waals surface area contributed by atoms with Crippen LogP contribution in [0, 0.1) is 6.92 Å². The maximum absolute atomic E-state index is 13.6. The summed E-state index contributed by atoms with van der Waals surface area (Å²) < 4.78 is 45.8. The molecule has 0 bridgehead atoms. The summed E-state index contributed by atoms with van der Waals surface area (Å²) in [7, 11) is 2.86. The van der Waals surface area contributed by atoms with Gasteiger partial charge in [-0.3, -0.25) is 9.89 Å². The van der Waals surface area contributed by atoms with Crippen LogP contribution in [0.15, 0.2) is 36.5 Å². The summed E-state index contributed by atoms with van der Waals surface area (Å²) >= 11 is 0. The first kappa shape index (κ1) is 21.0. The van der Waals surface area contributed by atoms with Gasteiger partial charge in [-0.15, -0.1) is 5.10 Å². The predicted octanol–water partition coefficient (Wildman–Crippen LogP) is 3.99. The molecule has 0 unspecified atom stereocenters. The minimum absolute atomic E-state index is 0.130. The van der Waals surface area contributed by atoms with Gasteiger partial charge in [0.2, 0.25) is 0 Å². The van der Waals surface area contributed by atoms with E-state index >= 15 is 0 Å². The molecule has 0 aliphatic heterocycles. The van der Waals surface area contributed by atoms with Gasteiger partial charge in [0.15, 0.2) is 0 Å². The minimum Gasteiger partial charge on any atom is -0.478 e. The molecule has 0 atom stereocenters. The van der Waals surface area contributed by atoms with Gasteiger partial charge in [-0.2, -0.15) is 13.2 Å². The van der Waals surface area contributed by atoms with Crippen LogP contribution in [0.4, 0.5) is 36.1 Å². The summed E-state index contributed by atoms with van der Waals surface area (Å²) in [5.74, 6) is -0.0581. The van der Waals surface area contributed by atoms with Crippen LogP contribution in [0.3, 0.4) is 0 Å². The Morgan fingerprint density at radius 3 is 2.57 bits per heavy atom. The number of H-pyrrole nitrogens is 1. The molecule has 0 aliphatic rings. The normalized spacial score (nSPS) is 11.1. The van der Waals surface area contributed by atoms with E-state index in [-0.39, 0.29) is 28.6 Å². The molecule has 0 saturated carbocycles. The Morgan fingerprint density at radius 1 is 1.17 bits per heavy atom. The van der Waals surface area contributed by atoms with E-state index in [1.165, 1.54) is 32.4 Å². The second-order valence-electron chi connectivity index (χ2n) is 6.22. The largest absolute Gasteiger partial charge is 0.478 e. The third-order valence-corrected chi connectivity index (χ3v) is 4.24. The molecule has 158 valence electrons. The lowest BCUT2D eigenvalue weighted by atomic mass is 10.1. The highest BCUT2D eigenvalue weighted by atomic mass is 19.4. The van der Waals surface area contributed by atoms with Gasteiger partial charge in [0.25, 0.3) is 11.8 Å². The summed E-state index contributed by atoms with van der Waals surface area (Å²) in [6, 6.07) is 7.46. The standard InChI is InChI=1S/C19H19F3N6O2/c1-10-16(18(30-3)28-27-10)26-15-8-14(12(9-24-15)19(20,21)22)25-13-7-5-4-6-11(13)17(29)23-2/h4-9H,1-3H3,(H,23,29)(H,27,28)(H2,24,25,26). The van der Waals surface area contributed by atoms with Crippen molar-refractivity contribution in [2.75, 3.05) is 24.8 Å². The van der Waals surface area contributed by atoms with E-state index in [9.17, 15) is 18.0 Å². The molecule has 4 N–H and O–H groups in total. The van der Waals surface area contributed by atoms with E-state index in [1.807, 2.05) is 0 Å². The number of para-hydroxylation sites is 1. The molecular formula is C19H19F3N6O2. The summed E-state index contributed by atoms with van der Waals surface area (Å²) in [4.78, 5) is 15.9. The Kier molecular flexibility index (Phi) is 5.81. The van der Waals surface area contributed by atoms with Gasteiger partial charge in [-0.25, -0.2) is 4.98 Å². The van der Waals surface area contributed by atoms with Crippen molar-refractivity contribution in [2.45, 2.75) is 13.1 Å². The zero-order valence-electron chi connectivity index (χ0n) is 16.3. The van der Waals surface area contributed by atoms with Crippen LogP contribution in [-0.4, -0.2) is 35.2 Å². The van der Waals surface area contributed by atoms with Crippen molar-refractivity contribution in [1.29, 1.82) is 0 Å². The molecule has 1 amide bonds. The predicted molar refractivity (Wildman–Crippen MR) is 106 cm³/mol. The lowest BCUT2D eigenvalue weighted by Crippen LogP contribution is -2.19. The molecule has 0 spiro atoms. The number of aromatic amines is 1. The van der Waals surface area contributed by atoms with Crippen molar-refractivity contribution >= 4 is 28.8 Å². The van der Waals surface area contributed by atoms with Crippen molar-refractivity contribution in [1.82, 2.24) is 20.5 Å². The third-order valence-electron chi connectivity index (χ3n) is 4.24. The molecule has 0 fully saturated rings. The molecule has 30 heavy (non-hydrogen) atoms. The Morgan fingerprint density at radius 2 is 1.90 bits per heavy atom. The zero-order valence-corrected chi connectivity index (χ0v) is 16.3. The Bertz CT molecular complexity index is 1060. The van der Waals surface area contributed by atoms with Crippen LogP contribution >= 0.6 is 0 Å². The Balaban J connectivity index is 2.03. The molecule has 2 heterocycles. The molecule has 1 aromatic carbocycles. The average Bonchev–Trinajstić information content (AvgIpc) is 3.06. The first-order valence-corrected chi connectivity index (χ1v) is 8.76. The second kappa shape index (κ2) is 8.31. The lowest BCUT2D eigenvalue weighted by Gasteiger charge is -2.17. The number of nitrogens with one attached hydrogen (secondary N) is 4. The molecule has 11 heteroatoms. The molecule has 0 saturated heterocycles. The number of hydrogen-bond donors (Lipinski definition) is 4. The van der Waals surface area contributed by atoms with Gasteiger partial charge in [-0.05, 0) is 19.1 Å². The van der Waals surface area contributed by atoms with E-state index in [1.54, 1.807) is 19.1 Å². The van der Waals surface area contributed by atoms with E-state index in [0.29, 0.717) is 11.4 Å². The molecule has 2 aromatic heterocycles. The van der Waals surface area contributed by atoms with Crippen LogP contribution in [0.5, 0.6) is 5.88 Å². The molecule has 3 rings (SSSR count). The van der Waals surface area contributed by atoms with Crippen LogP contribution in [0.2, 0.25) is 0 Å². The van der Waals surface area contributed by atoms with Crippen molar-refractivity contribution in [2.24, 2.45) is 0 Å². The van der Waals surface area contributed by atoms with Crippen LogP contribution in [-0.2, 0) is 6.18 Å². The maximum Gasteiger partial charge on any atom is 0.419 e. The lowest BCUT2D eigenvalue weighted by molar-refractivity contribution is -0.137. The zero-order chi connectivity index (χ0) is 21.9.